The van der Waals surface area contributed by atoms with E-state index in [1.54, 1.807) is 18.2 Å². The van der Waals surface area contributed by atoms with E-state index in [9.17, 15) is 13.2 Å². The Morgan fingerprint density at radius 1 is 1.03 bits per heavy atom. The van der Waals surface area contributed by atoms with Gasteiger partial charge in [0.15, 0.2) is 5.03 Å². The number of fused-ring (bicyclic) bond motifs is 6. The van der Waals surface area contributed by atoms with Crippen molar-refractivity contribution in [3.63, 3.8) is 0 Å². The minimum absolute atomic E-state index is 0.0677. The standard InChI is InChI=1S/C24H25ClN4O4S/c25-19-12-13-20-26-24(19)18-9-4-3-8-17(18)7-2-1-5-15-29(16-14-23(30)31)21-10-6-11-22(27-21)34(32,33)28-20/h3-4,6,8-13H,1-2,5,7,14-16H2,(H,26,28)(H,30,31). The Balaban J connectivity index is 1.76. The molecule has 4 bridgehead atoms. The average molecular weight is 501 g/mol. The number of benzene rings is 1. The quantitative estimate of drug-likeness (QED) is 0.540. The van der Waals surface area contributed by atoms with Gasteiger partial charge in [-0.1, -0.05) is 48.4 Å². The van der Waals surface area contributed by atoms with Crippen LogP contribution >= 0.6 is 11.6 Å². The first-order valence-electron chi connectivity index (χ1n) is 11.0. The van der Waals surface area contributed by atoms with Crippen molar-refractivity contribution in [1.82, 2.24) is 9.97 Å². The number of hydrogen-bond acceptors (Lipinski definition) is 6. The van der Waals surface area contributed by atoms with Gasteiger partial charge in [-0.3, -0.25) is 9.52 Å². The molecule has 0 amide bonds. The summed E-state index contributed by atoms with van der Waals surface area (Å²) >= 11 is 6.45. The fourth-order valence-corrected chi connectivity index (χ4v) is 5.12. The monoisotopic (exact) mass is 500 g/mol. The topological polar surface area (TPSA) is 112 Å². The smallest absolute Gasteiger partial charge is 0.305 e. The summed E-state index contributed by atoms with van der Waals surface area (Å²) in [4.78, 5) is 21.8. The Hall–Kier alpha value is -3.17. The third-order valence-electron chi connectivity index (χ3n) is 5.64. The molecule has 3 aromatic rings. The van der Waals surface area contributed by atoms with Crippen molar-refractivity contribution in [2.24, 2.45) is 0 Å². The lowest BCUT2D eigenvalue weighted by Crippen LogP contribution is -2.29. The molecule has 34 heavy (non-hydrogen) atoms. The van der Waals surface area contributed by atoms with E-state index in [0.29, 0.717) is 23.1 Å². The lowest BCUT2D eigenvalue weighted by atomic mass is 9.98. The molecule has 4 rings (SSSR count). The van der Waals surface area contributed by atoms with Gasteiger partial charge in [-0.2, -0.15) is 8.42 Å². The van der Waals surface area contributed by atoms with Crippen LogP contribution in [0.4, 0.5) is 11.6 Å². The van der Waals surface area contributed by atoms with Crippen molar-refractivity contribution in [2.75, 3.05) is 22.7 Å². The van der Waals surface area contributed by atoms with Gasteiger partial charge in [-0.15, -0.1) is 0 Å². The van der Waals surface area contributed by atoms with E-state index in [4.69, 9.17) is 16.7 Å². The molecule has 1 aliphatic rings. The summed E-state index contributed by atoms with van der Waals surface area (Å²) in [6, 6.07) is 15.7. The number of pyridine rings is 2. The molecule has 1 aliphatic heterocycles. The van der Waals surface area contributed by atoms with Gasteiger partial charge in [0.1, 0.15) is 11.6 Å². The maximum absolute atomic E-state index is 13.1. The second-order valence-corrected chi connectivity index (χ2v) is 10.1. The number of sulfonamides is 1. The Morgan fingerprint density at radius 3 is 2.68 bits per heavy atom. The number of nitrogens with zero attached hydrogens (tertiary/aromatic N) is 3. The van der Waals surface area contributed by atoms with Crippen LogP contribution in [-0.2, 0) is 21.2 Å². The maximum atomic E-state index is 13.1. The predicted molar refractivity (Wildman–Crippen MR) is 132 cm³/mol. The SMILES string of the molecule is O=C(O)CCN1CCCCCc2ccccc2-c2nc(ccc2Cl)NS(=O)(=O)c2cccc1n2. The number of halogens is 1. The number of aliphatic carboxylic acids is 1. The van der Waals surface area contributed by atoms with Crippen LogP contribution < -0.4 is 9.62 Å². The van der Waals surface area contributed by atoms with Crippen LogP contribution in [0, 0.1) is 0 Å². The summed E-state index contributed by atoms with van der Waals surface area (Å²) in [6.45, 7) is 0.815. The number of aryl methyl sites for hydroxylation is 1. The molecule has 0 aliphatic carbocycles. The molecule has 0 atom stereocenters. The summed E-state index contributed by atoms with van der Waals surface area (Å²) in [7, 11) is -4.04. The molecule has 8 nitrogen and oxygen atoms in total. The maximum Gasteiger partial charge on any atom is 0.305 e. The molecule has 178 valence electrons. The third-order valence-corrected chi connectivity index (χ3v) is 7.20. The molecule has 10 heteroatoms. The highest BCUT2D eigenvalue weighted by molar-refractivity contribution is 7.92. The summed E-state index contributed by atoms with van der Waals surface area (Å²) in [5, 5.41) is 9.41. The zero-order valence-corrected chi connectivity index (χ0v) is 20.0. The number of aromatic nitrogens is 2. The van der Waals surface area contributed by atoms with Gasteiger partial charge in [0, 0.05) is 18.7 Å². The highest BCUT2D eigenvalue weighted by Gasteiger charge is 2.21. The van der Waals surface area contributed by atoms with Crippen LogP contribution in [0.5, 0.6) is 0 Å². The van der Waals surface area contributed by atoms with E-state index >= 15 is 0 Å². The summed E-state index contributed by atoms with van der Waals surface area (Å²) in [5.41, 5.74) is 2.47. The molecule has 0 saturated carbocycles. The predicted octanol–water partition coefficient (Wildman–Crippen LogP) is 4.61. The molecule has 1 aromatic carbocycles. The number of rotatable bonds is 3. The van der Waals surface area contributed by atoms with Crippen LogP contribution in [0.3, 0.4) is 0 Å². The average Bonchev–Trinajstić information content (AvgIpc) is 2.81. The first-order chi connectivity index (χ1) is 16.3. The van der Waals surface area contributed by atoms with Gasteiger partial charge < -0.3 is 10.0 Å². The first kappa shape index (κ1) is 24.0. The molecule has 0 fully saturated rings. The fourth-order valence-electron chi connectivity index (χ4n) is 3.94. The van der Waals surface area contributed by atoms with Crippen LogP contribution in [-0.4, -0.2) is 42.6 Å². The third kappa shape index (κ3) is 5.66. The van der Waals surface area contributed by atoms with Gasteiger partial charge >= 0.3 is 5.97 Å². The molecule has 2 N–H and O–H groups in total. The van der Waals surface area contributed by atoms with E-state index in [1.807, 2.05) is 29.2 Å². The molecule has 0 unspecified atom stereocenters. The fraction of sp³-hybridized carbons (Fsp3) is 0.292. The van der Waals surface area contributed by atoms with Crippen LogP contribution in [0.2, 0.25) is 5.02 Å². The zero-order chi connectivity index (χ0) is 24.1. The normalized spacial score (nSPS) is 15.7. The van der Waals surface area contributed by atoms with Crippen LogP contribution in [0.15, 0.2) is 59.6 Å². The second kappa shape index (κ2) is 10.4. The minimum Gasteiger partial charge on any atom is -0.481 e. The lowest BCUT2D eigenvalue weighted by molar-refractivity contribution is -0.136. The number of hydrogen-bond donors (Lipinski definition) is 2. The van der Waals surface area contributed by atoms with E-state index in [-0.39, 0.29) is 23.8 Å². The highest BCUT2D eigenvalue weighted by atomic mass is 35.5. The molecule has 0 radical (unpaired) electrons. The molecule has 0 saturated heterocycles. The van der Waals surface area contributed by atoms with Crippen molar-refractivity contribution in [3.8, 4) is 11.3 Å². The summed E-state index contributed by atoms with van der Waals surface area (Å²) in [6.07, 6.45) is 3.40. The Bertz CT molecular complexity index is 1300. The van der Waals surface area contributed by atoms with Gasteiger partial charge in [0.2, 0.25) is 0 Å². The second-order valence-electron chi connectivity index (χ2n) is 8.07. The number of anilines is 2. The summed E-state index contributed by atoms with van der Waals surface area (Å²) in [5.74, 6) is -0.360. The van der Waals surface area contributed by atoms with Crippen LogP contribution in [0.1, 0.15) is 31.2 Å². The molecular weight excluding hydrogens is 476 g/mol. The first-order valence-corrected chi connectivity index (χ1v) is 12.9. The summed E-state index contributed by atoms with van der Waals surface area (Å²) < 4.78 is 28.7. The van der Waals surface area contributed by atoms with Crippen molar-refractivity contribution in [2.45, 2.75) is 37.1 Å². The minimum atomic E-state index is -4.04. The Morgan fingerprint density at radius 2 is 1.85 bits per heavy atom. The number of carboxylic acids is 1. The Labute approximate surface area is 203 Å². The number of carbonyl (C=O) groups is 1. The van der Waals surface area contributed by atoms with E-state index in [1.165, 1.54) is 12.1 Å². The van der Waals surface area contributed by atoms with E-state index in [0.717, 1.165) is 36.8 Å². The molecule has 2 aromatic heterocycles. The number of nitrogens with one attached hydrogen (secondary N) is 1. The molecule has 3 heterocycles. The van der Waals surface area contributed by atoms with Gasteiger partial charge in [0.25, 0.3) is 10.0 Å². The van der Waals surface area contributed by atoms with Gasteiger partial charge in [-0.05, 0) is 49.1 Å². The lowest BCUT2D eigenvalue weighted by Gasteiger charge is -2.24. The zero-order valence-electron chi connectivity index (χ0n) is 18.4. The van der Waals surface area contributed by atoms with Crippen molar-refractivity contribution < 1.29 is 18.3 Å². The Kier molecular flexibility index (Phi) is 7.33. The molecule has 0 spiro atoms. The largest absolute Gasteiger partial charge is 0.481 e. The number of carboxylic acid groups (broad SMARTS) is 1. The van der Waals surface area contributed by atoms with Crippen LogP contribution in [0.25, 0.3) is 11.3 Å². The van der Waals surface area contributed by atoms with E-state index in [2.05, 4.69) is 14.7 Å². The van der Waals surface area contributed by atoms with Crippen molar-refractivity contribution in [1.29, 1.82) is 0 Å². The molecular formula is C24H25ClN4O4S. The van der Waals surface area contributed by atoms with Gasteiger partial charge in [-0.25, -0.2) is 9.97 Å². The van der Waals surface area contributed by atoms with Crippen molar-refractivity contribution in [3.05, 3.63) is 65.2 Å². The van der Waals surface area contributed by atoms with Crippen molar-refractivity contribution >= 4 is 39.2 Å². The van der Waals surface area contributed by atoms with E-state index < -0.39 is 16.0 Å². The van der Waals surface area contributed by atoms with Gasteiger partial charge in [0.05, 0.1) is 17.1 Å². The highest BCUT2D eigenvalue weighted by Crippen LogP contribution is 2.31.